The smallest absolute Gasteiger partial charge is 0.395 e. The predicted molar refractivity (Wildman–Crippen MR) is 43.6 cm³/mol. The Kier molecular flexibility index (Phi) is 2.78. The molecule has 82 valence electrons. The first-order chi connectivity index (χ1) is 6.27. The van der Waals surface area contributed by atoms with E-state index in [4.69, 9.17) is 0 Å². The maximum Gasteiger partial charge on any atom is 0.395 e. The van der Waals surface area contributed by atoms with Crippen LogP contribution in [0.5, 0.6) is 0 Å². The van der Waals surface area contributed by atoms with E-state index in [1.165, 1.54) is 0 Å². The standard InChI is InChI=1S/C9H13F3O2/c1-6(2)14-7(13)5-8(3-4-8)9(10,11)12/h6H,3-5H2,1-2H3. The quantitative estimate of drug-likeness (QED) is 0.669. The molecule has 1 aliphatic rings. The number of esters is 1. The van der Waals surface area contributed by atoms with E-state index in [1.807, 2.05) is 0 Å². The van der Waals surface area contributed by atoms with Crippen molar-refractivity contribution in [3.8, 4) is 0 Å². The first-order valence-corrected chi connectivity index (χ1v) is 4.53. The van der Waals surface area contributed by atoms with Crippen LogP contribution in [0.15, 0.2) is 0 Å². The summed E-state index contributed by atoms with van der Waals surface area (Å²) in [6.45, 7) is 3.23. The van der Waals surface area contributed by atoms with Crippen LogP contribution in [0.1, 0.15) is 33.1 Å². The number of carbonyl (C=O) groups excluding carboxylic acids is 1. The average Bonchev–Trinajstić information content (AvgIpc) is 2.64. The van der Waals surface area contributed by atoms with E-state index >= 15 is 0 Å². The summed E-state index contributed by atoms with van der Waals surface area (Å²) in [5.41, 5.74) is -1.78. The van der Waals surface area contributed by atoms with E-state index in [0.29, 0.717) is 0 Å². The number of hydrogen-bond donors (Lipinski definition) is 0. The number of ether oxygens (including phenoxy) is 1. The largest absolute Gasteiger partial charge is 0.463 e. The van der Waals surface area contributed by atoms with Gasteiger partial charge in [-0.2, -0.15) is 13.2 Å². The van der Waals surface area contributed by atoms with Crippen molar-refractivity contribution >= 4 is 5.97 Å². The molecule has 2 nitrogen and oxygen atoms in total. The second-order valence-electron chi connectivity index (χ2n) is 3.99. The summed E-state index contributed by atoms with van der Waals surface area (Å²) in [5, 5.41) is 0. The molecule has 1 rings (SSSR count). The van der Waals surface area contributed by atoms with Crippen LogP contribution >= 0.6 is 0 Å². The van der Waals surface area contributed by atoms with E-state index in [9.17, 15) is 18.0 Å². The first kappa shape index (κ1) is 11.3. The van der Waals surface area contributed by atoms with E-state index in [2.05, 4.69) is 4.74 Å². The topological polar surface area (TPSA) is 26.3 Å². The summed E-state index contributed by atoms with van der Waals surface area (Å²) in [4.78, 5) is 11.0. The normalized spacial score (nSPS) is 19.6. The van der Waals surface area contributed by atoms with Gasteiger partial charge in [0.1, 0.15) is 0 Å². The lowest BCUT2D eigenvalue weighted by atomic mass is 10.0. The number of hydrogen-bond acceptors (Lipinski definition) is 2. The maximum absolute atomic E-state index is 12.4. The van der Waals surface area contributed by atoms with Gasteiger partial charge in [0.15, 0.2) is 0 Å². The van der Waals surface area contributed by atoms with E-state index in [1.54, 1.807) is 13.8 Å². The molecule has 1 saturated carbocycles. The minimum absolute atomic E-state index is 0.0453. The number of rotatable bonds is 3. The zero-order valence-electron chi connectivity index (χ0n) is 8.15. The highest BCUT2D eigenvalue weighted by atomic mass is 19.4. The Morgan fingerprint density at radius 3 is 2.21 bits per heavy atom. The Balaban J connectivity index is 2.49. The Morgan fingerprint density at radius 2 is 1.93 bits per heavy atom. The number of carbonyl (C=O) groups is 1. The number of alkyl halides is 3. The van der Waals surface area contributed by atoms with Crippen molar-refractivity contribution < 1.29 is 22.7 Å². The molecule has 1 fully saturated rings. The van der Waals surface area contributed by atoms with E-state index in [-0.39, 0.29) is 18.9 Å². The first-order valence-electron chi connectivity index (χ1n) is 4.53. The average molecular weight is 210 g/mol. The van der Waals surface area contributed by atoms with Crippen LogP contribution < -0.4 is 0 Å². The summed E-state index contributed by atoms with van der Waals surface area (Å²) in [5.74, 6) is -0.755. The molecule has 0 aromatic heterocycles. The van der Waals surface area contributed by atoms with Gasteiger partial charge in [0, 0.05) is 0 Å². The maximum atomic E-state index is 12.4. The second kappa shape index (κ2) is 3.44. The molecule has 0 saturated heterocycles. The summed E-state index contributed by atoms with van der Waals surface area (Å²) in [7, 11) is 0. The van der Waals surface area contributed by atoms with Gasteiger partial charge in [-0.3, -0.25) is 4.79 Å². The Labute approximate surface area is 80.4 Å². The molecule has 0 aromatic carbocycles. The van der Waals surface area contributed by atoms with Gasteiger partial charge < -0.3 is 4.74 Å². The minimum Gasteiger partial charge on any atom is -0.463 e. The third-order valence-corrected chi connectivity index (χ3v) is 2.30. The molecular weight excluding hydrogens is 197 g/mol. The molecule has 1 aliphatic carbocycles. The molecule has 0 aliphatic heterocycles. The van der Waals surface area contributed by atoms with Gasteiger partial charge in [-0.1, -0.05) is 0 Å². The highest BCUT2D eigenvalue weighted by molar-refractivity contribution is 5.71. The van der Waals surface area contributed by atoms with Crippen molar-refractivity contribution in [1.82, 2.24) is 0 Å². The molecule has 0 spiro atoms. The van der Waals surface area contributed by atoms with Crippen molar-refractivity contribution in [2.75, 3.05) is 0 Å². The van der Waals surface area contributed by atoms with Crippen molar-refractivity contribution in [3.05, 3.63) is 0 Å². The van der Waals surface area contributed by atoms with Crippen LogP contribution in [0.25, 0.3) is 0 Å². The summed E-state index contributed by atoms with van der Waals surface area (Å²) >= 11 is 0. The van der Waals surface area contributed by atoms with Gasteiger partial charge in [-0.05, 0) is 26.7 Å². The summed E-state index contributed by atoms with van der Waals surface area (Å²) < 4.78 is 41.8. The molecule has 0 atom stereocenters. The SMILES string of the molecule is CC(C)OC(=O)CC1(C(F)(F)F)CC1. The van der Waals surface area contributed by atoms with E-state index < -0.39 is 24.0 Å². The molecular formula is C9H13F3O2. The van der Waals surface area contributed by atoms with E-state index in [0.717, 1.165) is 0 Å². The molecule has 14 heavy (non-hydrogen) atoms. The van der Waals surface area contributed by atoms with Crippen molar-refractivity contribution in [2.45, 2.75) is 45.4 Å². The summed E-state index contributed by atoms with van der Waals surface area (Å²) in [6, 6.07) is 0. The zero-order chi connectivity index (χ0) is 11.0. The van der Waals surface area contributed by atoms with Crippen molar-refractivity contribution in [3.63, 3.8) is 0 Å². The Bertz CT molecular complexity index is 229. The molecule has 0 N–H and O–H groups in total. The lowest BCUT2D eigenvalue weighted by Crippen LogP contribution is -2.28. The highest BCUT2D eigenvalue weighted by Crippen LogP contribution is 2.60. The molecule has 0 aromatic rings. The number of halogens is 3. The van der Waals surface area contributed by atoms with Gasteiger partial charge >= 0.3 is 12.1 Å². The fraction of sp³-hybridized carbons (Fsp3) is 0.889. The van der Waals surface area contributed by atoms with Crippen LogP contribution in [0.2, 0.25) is 0 Å². The molecule has 0 unspecified atom stereocenters. The molecule has 5 heteroatoms. The Hall–Kier alpha value is -0.740. The predicted octanol–water partition coefficient (Wildman–Crippen LogP) is 2.67. The molecule has 0 amide bonds. The molecule has 0 bridgehead atoms. The van der Waals surface area contributed by atoms with Crippen LogP contribution in [-0.4, -0.2) is 18.2 Å². The lowest BCUT2D eigenvalue weighted by molar-refractivity contribution is -0.196. The third kappa shape index (κ3) is 2.39. The fourth-order valence-corrected chi connectivity index (χ4v) is 1.29. The summed E-state index contributed by atoms with van der Waals surface area (Å²) in [6.07, 6.45) is -5.07. The lowest BCUT2D eigenvalue weighted by Gasteiger charge is -2.18. The fourth-order valence-electron chi connectivity index (χ4n) is 1.29. The molecule has 0 radical (unpaired) electrons. The van der Waals surface area contributed by atoms with Gasteiger partial charge in [-0.25, -0.2) is 0 Å². The third-order valence-electron chi connectivity index (χ3n) is 2.30. The van der Waals surface area contributed by atoms with Crippen LogP contribution in [-0.2, 0) is 9.53 Å². The van der Waals surface area contributed by atoms with Gasteiger partial charge in [0.05, 0.1) is 17.9 Å². The highest BCUT2D eigenvalue weighted by Gasteiger charge is 2.64. The van der Waals surface area contributed by atoms with Gasteiger partial charge in [0.2, 0.25) is 0 Å². The van der Waals surface area contributed by atoms with Gasteiger partial charge in [-0.15, -0.1) is 0 Å². The van der Waals surface area contributed by atoms with Crippen molar-refractivity contribution in [2.24, 2.45) is 5.41 Å². The monoisotopic (exact) mass is 210 g/mol. The van der Waals surface area contributed by atoms with Crippen molar-refractivity contribution in [1.29, 1.82) is 0 Å². The van der Waals surface area contributed by atoms with Crippen LogP contribution in [0.4, 0.5) is 13.2 Å². The Morgan fingerprint density at radius 1 is 1.43 bits per heavy atom. The zero-order valence-corrected chi connectivity index (χ0v) is 8.15. The minimum atomic E-state index is -4.27. The molecule has 0 heterocycles. The van der Waals surface area contributed by atoms with Crippen LogP contribution in [0.3, 0.4) is 0 Å². The second-order valence-corrected chi connectivity index (χ2v) is 3.99. The van der Waals surface area contributed by atoms with Crippen LogP contribution in [0, 0.1) is 5.41 Å². The van der Waals surface area contributed by atoms with Gasteiger partial charge in [0.25, 0.3) is 0 Å².